The van der Waals surface area contributed by atoms with Crippen LogP contribution >= 0.6 is 0 Å². The van der Waals surface area contributed by atoms with E-state index in [1.54, 1.807) is 0 Å². The van der Waals surface area contributed by atoms with Crippen LogP contribution in [-0.2, 0) is 6.54 Å². The lowest BCUT2D eigenvalue weighted by Gasteiger charge is -2.14. The van der Waals surface area contributed by atoms with Crippen molar-refractivity contribution in [1.29, 1.82) is 0 Å². The summed E-state index contributed by atoms with van der Waals surface area (Å²) in [6.07, 6.45) is 7.71. The molecule has 31 heavy (non-hydrogen) atoms. The molecule has 0 aliphatic carbocycles. The topological polar surface area (TPSA) is 85.8 Å². The Balaban J connectivity index is 1.92. The maximum atomic E-state index is 13.2. The number of nitrogens with one attached hydrogen (secondary N) is 1. The first kappa shape index (κ1) is 23.0. The first-order chi connectivity index (χ1) is 14.9. The fourth-order valence-electron chi connectivity index (χ4n) is 4.06. The minimum atomic E-state index is -0.156. The molecule has 0 saturated heterocycles. The van der Waals surface area contributed by atoms with Crippen LogP contribution in [0.1, 0.15) is 83.0 Å². The van der Waals surface area contributed by atoms with Gasteiger partial charge < -0.3 is 15.6 Å². The van der Waals surface area contributed by atoms with Crippen molar-refractivity contribution in [2.75, 3.05) is 5.73 Å². The molecule has 3 rings (SSSR count). The molecule has 1 atom stereocenters. The number of para-hydroxylation sites is 2. The molecule has 0 bridgehead atoms. The van der Waals surface area contributed by atoms with Crippen molar-refractivity contribution in [3.8, 4) is 0 Å². The highest BCUT2D eigenvalue weighted by Crippen LogP contribution is 2.28. The number of carbonyl (C=O) groups excluding carboxylic acids is 1. The smallest absolute Gasteiger partial charge is 0.257 e. The van der Waals surface area contributed by atoms with Crippen molar-refractivity contribution in [1.82, 2.24) is 19.9 Å². The number of amides is 1. The second-order valence-electron chi connectivity index (χ2n) is 9.06. The van der Waals surface area contributed by atoms with E-state index < -0.39 is 0 Å². The van der Waals surface area contributed by atoms with Gasteiger partial charge in [0.15, 0.2) is 5.65 Å². The molecule has 0 spiro atoms. The number of benzene rings is 1. The van der Waals surface area contributed by atoms with Crippen LogP contribution in [0.2, 0.25) is 0 Å². The molecule has 0 saturated carbocycles. The lowest BCUT2D eigenvalue weighted by molar-refractivity contribution is 0.0940. The number of fused-ring (bicyclic) bond motifs is 2. The number of aryl methyl sites for hydroxylation is 1. The van der Waals surface area contributed by atoms with Gasteiger partial charge in [0.05, 0.1) is 11.0 Å². The summed E-state index contributed by atoms with van der Waals surface area (Å²) in [5.41, 5.74) is 9.88. The lowest BCUT2D eigenvalue weighted by Crippen LogP contribution is -2.33. The number of unbranched alkanes of at least 4 members (excludes halogenated alkanes) is 3. The molecule has 1 amide bonds. The maximum Gasteiger partial charge on any atom is 0.257 e. The largest absolute Gasteiger partial charge is 0.384 e. The van der Waals surface area contributed by atoms with Gasteiger partial charge in [-0.2, -0.15) is 0 Å². The van der Waals surface area contributed by atoms with Crippen LogP contribution in [0.15, 0.2) is 24.3 Å². The van der Waals surface area contributed by atoms with E-state index in [2.05, 4.69) is 33.0 Å². The molecule has 0 aliphatic heterocycles. The van der Waals surface area contributed by atoms with E-state index in [9.17, 15) is 4.79 Å². The van der Waals surface area contributed by atoms with Gasteiger partial charge in [-0.1, -0.05) is 65.0 Å². The monoisotopic (exact) mass is 423 g/mol. The van der Waals surface area contributed by atoms with Gasteiger partial charge >= 0.3 is 0 Å². The Kier molecular flexibility index (Phi) is 7.88. The number of anilines is 1. The third-order valence-corrected chi connectivity index (χ3v) is 5.85. The van der Waals surface area contributed by atoms with Gasteiger partial charge in [0, 0.05) is 12.6 Å². The summed E-state index contributed by atoms with van der Waals surface area (Å²) in [6, 6.07) is 7.84. The van der Waals surface area contributed by atoms with Gasteiger partial charge in [-0.05, 0) is 37.8 Å². The number of carbonyl (C=O) groups is 1. The van der Waals surface area contributed by atoms with Crippen LogP contribution in [-0.4, -0.2) is 26.5 Å². The first-order valence-corrected chi connectivity index (χ1v) is 11.8. The summed E-state index contributed by atoms with van der Waals surface area (Å²) >= 11 is 0. The molecule has 6 nitrogen and oxygen atoms in total. The molecule has 3 aromatic rings. The fraction of sp³-hybridized carbons (Fsp3) is 0.560. The molecule has 6 heteroatoms. The summed E-state index contributed by atoms with van der Waals surface area (Å²) in [7, 11) is 0. The Bertz CT molecular complexity index is 1020. The second-order valence-corrected chi connectivity index (χ2v) is 9.06. The average molecular weight is 424 g/mol. The maximum absolute atomic E-state index is 13.2. The van der Waals surface area contributed by atoms with E-state index in [1.807, 2.05) is 28.8 Å². The van der Waals surface area contributed by atoms with Crippen molar-refractivity contribution in [2.24, 2.45) is 5.92 Å². The zero-order chi connectivity index (χ0) is 22.4. The number of aromatic nitrogens is 3. The summed E-state index contributed by atoms with van der Waals surface area (Å²) in [5.74, 6) is 0.984. The molecule has 0 fully saturated rings. The molecule has 3 N–H and O–H groups in total. The van der Waals surface area contributed by atoms with Crippen LogP contribution in [0.5, 0.6) is 0 Å². The van der Waals surface area contributed by atoms with Gasteiger partial charge in [-0.15, -0.1) is 0 Å². The third kappa shape index (κ3) is 5.54. The standard InChI is InChI=1S/C25H37N5O/c1-5-6-7-10-16-30-23(26)21(25(31)27-18(4)13-11-12-17(2)3)22-24(30)29-20-15-9-8-14-19(20)28-22/h8-9,14-15,17-18H,5-7,10-13,16,26H2,1-4H3,(H,27,31)/t18-/m0/s1. The highest BCUT2D eigenvalue weighted by atomic mass is 16.1. The van der Waals surface area contributed by atoms with Gasteiger partial charge in [0.2, 0.25) is 0 Å². The summed E-state index contributed by atoms with van der Waals surface area (Å²) < 4.78 is 1.97. The van der Waals surface area contributed by atoms with E-state index in [0.29, 0.717) is 28.5 Å². The van der Waals surface area contributed by atoms with E-state index in [1.165, 1.54) is 12.8 Å². The number of hydrogen-bond acceptors (Lipinski definition) is 4. The van der Waals surface area contributed by atoms with E-state index in [-0.39, 0.29) is 11.9 Å². The zero-order valence-electron chi connectivity index (χ0n) is 19.4. The molecular weight excluding hydrogens is 386 g/mol. The van der Waals surface area contributed by atoms with Crippen molar-refractivity contribution < 1.29 is 4.79 Å². The summed E-state index contributed by atoms with van der Waals surface area (Å²) in [6.45, 7) is 9.44. The highest BCUT2D eigenvalue weighted by molar-refractivity contribution is 6.10. The average Bonchev–Trinajstić information content (AvgIpc) is 2.99. The Labute approximate surface area is 185 Å². The highest BCUT2D eigenvalue weighted by Gasteiger charge is 2.24. The second kappa shape index (κ2) is 10.6. The Morgan fingerprint density at radius 3 is 2.42 bits per heavy atom. The van der Waals surface area contributed by atoms with E-state index >= 15 is 0 Å². The SMILES string of the molecule is CCCCCCn1c(N)c(C(=O)N[C@@H](C)CCCC(C)C)c2nc3ccccc3nc21. The normalized spacial score (nSPS) is 12.7. The molecule has 2 aromatic heterocycles. The molecule has 2 heterocycles. The minimum Gasteiger partial charge on any atom is -0.384 e. The minimum absolute atomic E-state index is 0.0852. The van der Waals surface area contributed by atoms with Gasteiger partial charge in [-0.3, -0.25) is 4.79 Å². The lowest BCUT2D eigenvalue weighted by atomic mass is 10.0. The third-order valence-electron chi connectivity index (χ3n) is 5.85. The number of nitrogens with zero attached hydrogens (tertiary/aromatic N) is 3. The number of nitrogens with two attached hydrogens (primary N) is 1. The van der Waals surface area contributed by atoms with Crippen LogP contribution < -0.4 is 11.1 Å². The molecule has 0 aliphatic rings. The predicted octanol–water partition coefficient (Wildman–Crippen LogP) is 5.69. The zero-order valence-corrected chi connectivity index (χ0v) is 19.4. The van der Waals surface area contributed by atoms with Gasteiger partial charge in [0.25, 0.3) is 5.91 Å². The van der Waals surface area contributed by atoms with Crippen molar-refractivity contribution in [2.45, 2.75) is 85.2 Å². The fourth-order valence-corrected chi connectivity index (χ4v) is 4.06. The molecule has 0 unspecified atom stereocenters. The van der Waals surface area contributed by atoms with E-state index in [4.69, 9.17) is 15.7 Å². The molecule has 1 aromatic carbocycles. The number of hydrogen-bond donors (Lipinski definition) is 2. The Hall–Kier alpha value is -2.63. The quantitative estimate of drug-likeness (QED) is 0.388. The van der Waals surface area contributed by atoms with Crippen molar-refractivity contribution in [3.63, 3.8) is 0 Å². The van der Waals surface area contributed by atoms with Crippen LogP contribution in [0.3, 0.4) is 0 Å². The molecule has 168 valence electrons. The summed E-state index contributed by atoms with van der Waals surface area (Å²) in [5, 5.41) is 3.14. The van der Waals surface area contributed by atoms with Crippen LogP contribution in [0.4, 0.5) is 5.82 Å². The van der Waals surface area contributed by atoms with E-state index in [0.717, 1.165) is 49.7 Å². The molecule has 0 radical (unpaired) electrons. The van der Waals surface area contributed by atoms with Gasteiger partial charge in [-0.25, -0.2) is 9.97 Å². The van der Waals surface area contributed by atoms with Crippen LogP contribution in [0.25, 0.3) is 22.2 Å². The summed E-state index contributed by atoms with van der Waals surface area (Å²) in [4.78, 5) is 22.9. The first-order valence-electron chi connectivity index (χ1n) is 11.8. The van der Waals surface area contributed by atoms with Crippen LogP contribution in [0, 0.1) is 5.92 Å². The molecular formula is C25H37N5O. The number of rotatable bonds is 11. The Morgan fingerprint density at radius 2 is 1.74 bits per heavy atom. The van der Waals surface area contributed by atoms with Crippen molar-refractivity contribution in [3.05, 3.63) is 29.8 Å². The van der Waals surface area contributed by atoms with Crippen molar-refractivity contribution >= 4 is 33.9 Å². The van der Waals surface area contributed by atoms with Gasteiger partial charge in [0.1, 0.15) is 16.9 Å². The number of nitrogen functional groups attached to an aromatic ring is 1. The Morgan fingerprint density at radius 1 is 1.03 bits per heavy atom. The predicted molar refractivity (Wildman–Crippen MR) is 129 cm³/mol.